The van der Waals surface area contributed by atoms with Crippen LogP contribution >= 0.6 is 23.2 Å². The largest absolute Gasteiger partial charge is 0.350 e. The van der Waals surface area contributed by atoms with Crippen molar-refractivity contribution >= 4 is 29.1 Å². The molecule has 4 heteroatoms. The summed E-state index contributed by atoms with van der Waals surface area (Å²) >= 11 is 12.2. The van der Waals surface area contributed by atoms with Gasteiger partial charge in [0.15, 0.2) is 0 Å². The second-order valence-electron chi connectivity index (χ2n) is 4.57. The van der Waals surface area contributed by atoms with E-state index in [1.165, 1.54) is 0 Å². The van der Waals surface area contributed by atoms with E-state index < -0.39 is 0 Å². The average molecular weight is 272 g/mol. The predicted octanol–water partition coefficient (Wildman–Crippen LogP) is 3.59. The Labute approximate surface area is 111 Å². The molecule has 17 heavy (non-hydrogen) atoms. The Morgan fingerprint density at radius 2 is 2.18 bits per heavy atom. The second-order valence-corrected chi connectivity index (χ2v) is 5.36. The fourth-order valence-corrected chi connectivity index (χ4v) is 2.73. The van der Waals surface area contributed by atoms with Crippen LogP contribution in [0.15, 0.2) is 18.2 Å². The van der Waals surface area contributed by atoms with E-state index in [0.717, 1.165) is 24.8 Å². The van der Waals surface area contributed by atoms with Crippen molar-refractivity contribution in [1.82, 2.24) is 5.32 Å². The third-order valence-electron chi connectivity index (χ3n) is 3.47. The van der Waals surface area contributed by atoms with Crippen molar-refractivity contribution in [2.45, 2.75) is 38.1 Å². The third kappa shape index (κ3) is 2.58. The van der Waals surface area contributed by atoms with Crippen molar-refractivity contribution in [1.29, 1.82) is 0 Å². The van der Waals surface area contributed by atoms with Crippen LogP contribution < -0.4 is 5.32 Å². The molecule has 1 aliphatic heterocycles. The van der Waals surface area contributed by atoms with E-state index in [-0.39, 0.29) is 11.4 Å². The standard InChI is InChI=1S/C13H15Cl2NO/c1-2-13(7-6-11(17)16-13)8-9-4-3-5-10(14)12(9)15/h3-5H,2,6-8H2,1H3,(H,16,17). The van der Waals surface area contributed by atoms with Crippen LogP contribution in [-0.4, -0.2) is 11.4 Å². The summed E-state index contributed by atoms with van der Waals surface area (Å²) in [6.07, 6.45) is 3.12. The minimum atomic E-state index is -0.147. The SMILES string of the molecule is CCC1(Cc2cccc(Cl)c2Cl)CCC(=O)N1. The smallest absolute Gasteiger partial charge is 0.220 e. The van der Waals surface area contributed by atoms with Gasteiger partial charge in [-0.15, -0.1) is 0 Å². The monoisotopic (exact) mass is 271 g/mol. The molecule has 1 aliphatic rings. The first-order chi connectivity index (χ1) is 8.06. The molecule has 0 saturated carbocycles. The van der Waals surface area contributed by atoms with Crippen LogP contribution in [0.5, 0.6) is 0 Å². The molecule has 92 valence electrons. The van der Waals surface area contributed by atoms with E-state index in [1.807, 2.05) is 12.1 Å². The van der Waals surface area contributed by atoms with Crippen molar-refractivity contribution < 1.29 is 4.79 Å². The van der Waals surface area contributed by atoms with E-state index in [0.29, 0.717) is 16.5 Å². The van der Waals surface area contributed by atoms with Gasteiger partial charge in [-0.2, -0.15) is 0 Å². The van der Waals surface area contributed by atoms with Crippen LogP contribution in [0, 0.1) is 0 Å². The average Bonchev–Trinajstić information content (AvgIpc) is 2.68. The van der Waals surface area contributed by atoms with E-state index in [1.54, 1.807) is 6.07 Å². The lowest BCUT2D eigenvalue weighted by Crippen LogP contribution is -2.43. The molecular formula is C13H15Cl2NO. The van der Waals surface area contributed by atoms with Gasteiger partial charge in [0.2, 0.25) is 5.91 Å². The lowest BCUT2D eigenvalue weighted by Gasteiger charge is -2.28. The molecule has 0 spiro atoms. The molecule has 1 unspecified atom stereocenters. The van der Waals surface area contributed by atoms with Gasteiger partial charge < -0.3 is 5.32 Å². The Morgan fingerprint density at radius 3 is 2.76 bits per heavy atom. The van der Waals surface area contributed by atoms with Gasteiger partial charge in [-0.3, -0.25) is 4.79 Å². The fourth-order valence-electron chi connectivity index (χ4n) is 2.35. The molecule has 0 aromatic heterocycles. The molecule has 1 saturated heterocycles. The molecule has 1 aromatic rings. The summed E-state index contributed by atoms with van der Waals surface area (Å²) in [4.78, 5) is 11.4. The summed E-state index contributed by atoms with van der Waals surface area (Å²) in [6.45, 7) is 2.09. The van der Waals surface area contributed by atoms with Gasteiger partial charge in [0, 0.05) is 12.0 Å². The van der Waals surface area contributed by atoms with Gasteiger partial charge in [-0.25, -0.2) is 0 Å². The second kappa shape index (κ2) is 4.87. The van der Waals surface area contributed by atoms with Crippen LogP contribution in [0.2, 0.25) is 10.0 Å². The lowest BCUT2D eigenvalue weighted by atomic mass is 9.87. The minimum absolute atomic E-state index is 0.130. The Hall–Kier alpha value is -0.730. The number of rotatable bonds is 3. The summed E-state index contributed by atoms with van der Waals surface area (Å²) in [5.74, 6) is 0.130. The lowest BCUT2D eigenvalue weighted by molar-refractivity contribution is -0.119. The molecule has 1 heterocycles. The van der Waals surface area contributed by atoms with Gasteiger partial charge in [-0.05, 0) is 30.9 Å². The number of carbonyl (C=O) groups excluding carboxylic acids is 1. The van der Waals surface area contributed by atoms with Crippen LogP contribution in [0.1, 0.15) is 31.7 Å². The highest BCUT2D eigenvalue weighted by atomic mass is 35.5. The highest BCUT2D eigenvalue weighted by molar-refractivity contribution is 6.42. The van der Waals surface area contributed by atoms with Gasteiger partial charge in [-0.1, -0.05) is 42.3 Å². The number of hydrogen-bond donors (Lipinski definition) is 1. The van der Waals surface area contributed by atoms with Crippen LogP contribution in [0.25, 0.3) is 0 Å². The first-order valence-electron chi connectivity index (χ1n) is 5.80. The quantitative estimate of drug-likeness (QED) is 0.895. The van der Waals surface area contributed by atoms with Gasteiger partial charge in [0.1, 0.15) is 0 Å². The van der Waals surface area contributed by atoms with Gasteiger partial charge in [0.25, 0.3) is 0 Å². The summed E-state index contributed by atoms with van der Waals surface area (Å²) in [6, 6.07) is 5.64. The Bertz CT molecular complexity index is 447. The van der Waals surface area contributed by atoms with Crippen molar-refractivity contribution in [3.05, 3.63) is 33.8 Å². The molecule has 1 atom stereocenters. The molecule has 1 N–H and O–H groups in total. The van der Waals surface area contributed by atoms with Crippen LogP contribution in [0.3, 0.4) is 0 Å². The molecule has 1 fully saturated rings. The summed E-state index contributed by atoms with van der Waals surface area (Å²) in [7, 11) is 0. The molecular weight excluding hydrogens is 257 g/mol. The third-order valence-corrected chi connectivity index (χ3v) is 4.33. The molecule has 0 radical (unpaired) electrons. The van der Waals surface area contributed by atoms with Crippen LogP contribution in [0.4, 0.5) is 0 Å². The van der Waals surface area contributed by atoms with Crippen molar-refractivity contribution in [2.24, 2.45) is 0 Å². The molecule has 1 amide bonds. The first-order valence-corrected chi connectivity index (χ1v) is 6.56. The van der Waals surface area contributed by atoms with Gasteiger partial charge >= 0.3 is 0 Å². The number of hydrogen-bond acceptors (Lipinski definition) is 1. The van der Waals surface area contributed by atoms with Crippen molar-refractivity contribution in [2.75, 3.05) is 0 Å². The molecule has 2 nitrogen and oxygen atoms in total. The number of nitrogens with one attached hydrogen (secondary N) is 1. The predicted molar refractivity (Wildman–Crippen MR) is 70.6 cm³/mol. The van der Waals surface area contributed by atoms with Crippen LogP contribution in [-0.2, 0) is 11.2 Å². The number of benzene rings is 1. The number of amides is 1. The van der Waals surface area contributed by atoms with E-state index in [4.69, 9.17) is 23.2 Å². The van der Waals surface area contributed by atoms with E-state index in [2.05, 4.69) is 12.2 Å². The summed E-state index contributed by atoms with van der Waals surface area (Å²) in [5, 5.41) is 4.24. The summed E-state index contributed by atoms with van der Waals surface area (Å²) in [5.41, 5.74) is 0.856. The minimum Gasteiger partial charge on any atom is -0.350 e. The topological polar surface area (TPSA) is 29.1 Å². The molecule has 2 rings (SSSR count). The van der Waals surface area contributed by atoms with E-state index in [9.17, 15) is 4.79 Å². The maximum atomic E-state index is 11.4. The number of halogens is 2. The van der Waals surface area contributed by atoms with Gasteiger partial charge in [0.05, 0.1) is 10.0 Å². The number of carbonyl (C=O) groups is 1. The Balaban J connectivity index is 2.25. The molecule has 0 aliphatic carbocycles. The zero-order valence-electron chi connectivity index (χ0n) is 9.72. The Morgan fingerprint density at radius 1 is 1.41 bits per heavy atom. The Kier molecular flexibility index (Phi) is 3.64. The molecule has 0 bridgehead atoms. The maximum absolute atomic E-state index is 11.4. The first kappa shape index (κ1) is 12.7. The van der Waals surface area contributed by atoms with Crippen molar-refractivity contribution in [3.63, 3.8) is 0 Å². The summed E-state index contributed by atoms with van der Waals surface area (Å²) < 4.78 is 0. The van der Waals surface area contributed by atoms with E-state index >= 15 is 0 Å². The highest BCUT2D eigenvalue weighted by Crippen LogP contribution is 2.33. The highest BCUT2D eigenvalue weighted by Gasteiger charge is 2.36. The zero-order valence-corrected chi connectivity index (χ0v) is 11.2. The zero-order chi connectivity index (χ0) is 12.5. The fraction of sp³-hybridized carbons (Fsp3) is 0.462. The van der Waals surface area contributed by atoms with Crippen molar-refractivity contribution in [3.8, 4) is 0 Å². The maximum Gasteiger partial charge on any atom is 0.220 e. The normalized spacial score (nSPS) is 23.8. The molecule has 1 aromatic carbocycles.